The zero-order chi connectivity index (χ0) is 20.5. The van der Waals surface area contributed by atoms with Crippen LogP contribution in [0.3, 0.4) is 0 Å². The molecule has 2 amide bonds. The van der Waals surface area contributed by atoms with Crippen LogP contribution in [0.2, 0.25) is 5.02 Å². The van der Waals surface area contributed by atoms with Crippen LogP contribution in [-0.4, -0.2) is 11.8 Å². The molecule has 0 radical (unpaired) electrons. The third-order valence-electron chi connectivity index (χ3n) is 4.40. The molecule has 1 N–H and O–H groups in total. The molecular formula is C22H13ClF2N2O2. The van der Waals surface area contributed by atoms with E-state index in [1.807, 2.05) is 0 Å². The van der Waals surface area contributed by atoms with Gasteiger partial charge in [0, 0.05) is 5.69 Å². The number of anilines is 2. The van der Waals surface area contributed by atoms with Crippen molar-refractivity contribution in [1.29, 1.82) is 0 Å². The van der Waals surface area contributed by atoms with Crippen LogP contribution >= 0.6 is 11.6 Å². The van der Waals surface area contributed by atoms with Crippen molar-refractivity contribution >= 4 is 40.4 Å². The largest absolute Gasteiger partial charge is 0.350 e. The number of imide groups is 1. The van der Waals surface area contributed by atoms with Gasteiger partial charge in [-0.1, -0.05) is 48.0 Å². The van der Waals surface area contributed by atoms with Crippen molar-refractivity contribution in [3.8, 4) is 0 Å². The first kappa shape index (κ1) is 18.8. The predicted molar refractivity (Wildman–Crippen MR) is 107 cm³/mol. The number of carbonyl (C=O) groups is 2. The summed E-state index contributed by atoms with van der Waals surface area (Å²) in [5.41, 5.74) is 1.08. The fraction of sp³-hybridized carbons (Fsp3) is 0. The lowest BCUT2D eigenvalue weighted by atomic mass is 10.0. The lowest BCUT2D eigenvalue weighted by Crippen LogP contribution is -2.32. The molecule has 7 heteroatoms. The van der Waals surface area contributed by atoms with Crippen LogP contribution in [0.15, 0.2) is 78.5 Å². The summed E-state index contributed by atoms with van der Waals surface area (Å²) in [6.45, 7) is 0. The highest BCUT2D eigenvalue weighted by molar-refractivity contribution is 6.46. The molecule has 0 fully saturated rings. The molecule has 4 rings (SSSR count). The maximum Gasteiger partial charge on any atom is 0.282 e. The summed E-state index contributed by atoms with van der Waals surface area (Å²) in [4.78, 5) is 27.2. The average Bonchev–Trinajstić information content (AvgIpc) is 2.95. The van der Waals surface area contributed by atoms with E-state index in [-0.39, 0.29) is 22.0 Å². The number of halogens is 3. The van der Waals surface area contributed by atoms with Gasteiger partial charge < -0.3 is 5.32 Å². The third-order valence-corrected chi connectivity index (χ3v) is 4.69. The Hall–Kier alpha value is -3.51. The number of carbonyl (C=O) groups excluding carboxylic acids is 2. The summed E-state index contributed by atoms with van der Waals surface area (Å²) in [5.74, 6) is -2.40. The van der Waals surface area contributed by atoms with E-state index < -0.39 is 23.4 Å². The summed E-state index contributed by atoms with van der Waals surface area (Å²) >= 11 is 5.83. The second kappa shape index (κ2) is 7.48. The van der Waals surface area contributed by atoms with Gasteiger partial charge in [0.1, 0.15) is 17.3 Å². The zero-order valence-corrected chi connectivity index (χ0v) is 15.6. The SMILES string of the molecule is O=C1C(Nc2cccc(F)c2)=C(c2ccccc2)C(=O)N1c1ccc(F)c(Cl)c1. The second-order valence-electron chi connectivity index (χ2n) is 6.30. The van der Waals surface area contributed by atoms with Crippen molar-refractivity contribution in [2.75, 3.05) is 10.2 Å². The molecule has 1 heterocycles. The van der Waals surface area contributed by atoms with Gasteiger partial charge in [0.15, 0.2) is 0 Å². The number of hydrogen-bond donors (Lipinski definition) is 1. The van der Waals surface area contributed by atoms with E-state index in [2.05, 4.69) is 5.32 Å². The first-order valence-corrected chi connectivity index (χ1v) is 8.99. The van der Waals surface area contributed by atoms with Crippen LogP contribution in [0, 0.1) is 11.6 Å². The lowest BCUT2D eigenvalue weighted by Gasteiger charge is -2.16. The Balaban J connectivity index is 1.82. The first-order chi connectivity index (χ1) is 14.0. The van der Waals surface area contributed by atoms with Crippen LogP contribution in [0.25, 0.3) is 5.57 Å². The number of benzene rings is 3. The molecule has 0 saturated heterocycles. The minimum Gasteiger partial charge on any atom is -0.350 e. The van der Waals surface area contributed by atoms with Crippen LogP contribution in [0.4, 0.5) is 20.2 Å². The van der Waals surface area contributed by atoms with Crippen LogP contribution in [0.5, 0.6) is 0 Å². The normalized spacial score (nSPS) is 14.0. The summed E-state index contributed by atoms with van der Waals surface area (Å²) in [6, 6.07) is 17.8. The maximum absolute atomic E-state index is 13.6. The molecule has 0 spiro atoms. The van der Waals surface area contributed by atoms with Crippen LogP contribution < -0.4 is 10.2 Å². The minimum atomic E-state index is -0.663. The van der Waals surface area contributed by atoms with Crippen molar-refractivity contribution in [3.63, 3.8) is 0 Å². The molecular weight excluding hydrogens is 398 g/mol. The number of nitrogens with one attached hydrogen (secondary N) is 1. The standard InChI is InChI=1S/C22H13ClF2N2O2/c23-17-12-16(9-10-18(17)25)27-21(28)19(13-5-2-1-3-6-13)20(22(27)29)26-15-8-4-7-14(24)11-15/h1-12,26H. The average molecular weight is 411 g/mol. The molecule has 4 nitrogen and oxygen atoms in total. The molecule has 29 heavy (non-hydrogen) atoms. The minimum absolute atomic E-state index is 0.00718. The Bertz CT molecular complexity index is 1160. The van der Waals surface area contributed by atoms with E-state index in [0.717, 1.165) is 11.0 Å². The van der Waals surface area contributed by atoms with E-state index in [1.165, 1.54) is 30.3 Å². The van der Waals surface area contributed by atoms with Gasteiger partial charge >= 0.3 is 0 Å². The Labute approximate surface area is 170 Å². The fourth-order valence-electron chi connectivity index (χ4n) is 3.09. The Morgan fingerprint density at radius 2 is 1.59 bits per heavy atom. The summed E-state index contributed by atoms with van der Waals surface area (Å²) in [7, 11) is 0. The smallest absolute Gasteiger partial charge is 0.282 e. The van der Waals surface area contributed by atoms with E-state index in [0.29, 0.717) is 11.3 Å². The molecule has 0 unspecified atom stereocenters. The monoisotopic (exact) mass is 410 g/mol. The second-order valence-corrected chi connectivity index (χ2v) is 6.70. The Morgan fingerprint density at radius 3 is 2.28 bits per heavy atom. The van der Waals surface area contributed by atoms with Gasteiger partial charge in [0.2, 0.25) is 0 Å². The Kier molecular flexibility index (Phi) is 4.86. The molecule has 0 atom stereocenters. The highest BCUT2D eigenvalue weighted by atomic mass is 35.5. The summed E-state index contributed by atoms with van der Waals surface area (Å²) in [5, 5.41) is 2.64. The topological polar surface area (TPSA) is 49.4 Å². The molecule has 0 aromatic heterocycles. The van der Waals surface area contributed by atoms with Gasteiger partial charge in [-0.2, -0.15) is 0 Å². The highest BCUT2D eigenvalue weighted by Crippen LogP contribution is 2.35. The molecule has 0 bridgehead atoms. The van der Waals surface area contributed by atoms with Gasteiger partial charge in [-0.3, -0.25) is 9.59 Å². The maximum atomic E-state index is 13.6. The fourth-order valence-corrected chi connectivity index (χ4v) is 3.26. The van der Waals surface area contributed by atoms with Crippen LogP contribution in [0.1, 0.15) is 5.56 Å². The van der Waals surface area contributed by atoms with E-state index in [1.54, 1.807) is 36.4 Å². The number of hydrogen-bond acceptors (Lipinski definition) is 3. The molecule has 144 valence electrons. The molecule has 3 aromatic rings. The summed E-state index contributed by atoms with van der Waals surface area (Å²) < 4.78 is 27.1. The van der Waals surface area contributed by atoms with E-state index in [4.69, 9.17) is 11.6 Å². The number of nitrogens with zero attached hydrogens (tertiary/aromatic N) is 1. The van der Waals surface area contributed by atoms with Crippen molar-refractivity contribution in [2.24, 2.45) is 0 Å². The molecule has 1 aliphatic heterocycles. The van der Waals surface area contributed by atoms with Crippen LogP contribution in [-0.2, 0) is 9.59 Å². The Morgan fingerprint density at radius 1 is 0.828 bits per heavy atom. The predicted octanol–water partition coefficient (Wildman–Crippen LogP) is 5.01. The van der Waals surface area contributed by atoms with Crippen molar-refractivity contribution in [3.05, 3.63) is 101 Å². The van der Waals surface area contributed by atoms with Gasteiger partial charge in [-0.25, -0.2) is 13.7 Å². The number of amides is 2. The van der Waals surface area contributed by atoms with Gasteiger partial charge in [-0.15, -0.1) is 0 Å². The first-order valence-electron chi connectivity index (χ1n) is 8.62. The molecule has 3 aromatic carbocycles. The van der Waals surface area contributed by atoms with Crippen molar-refractivity contribution in [2.45, 2.75) is 0 Å². The van der Waals surface area contributed by atoms with E-state index >= 15 is 0 Å². The highest BCUT2D eigenvalue weighted by Gasteiger charge is 2.40. The zero-order valence-electron chi connectivity index (χ0n) is 14.8. The molecule has 0 aliphatic carbocycles. The van der Waals surface area contributed by atoms with Crippen molar-refractivity contribution in [1.82, 2.24) is 0 Å². The molecule has 0 saturated carbocycles. The van der Waals surface area contributed by atoms with E-state index in [9.17, 15) is 18.4 Å². The van der Waals surface area contributed by atoms with Gasteiger partial charge in [-0.05, 0) is 42.0 Å². The number of rotatable bonds is 4. The van der Waals surface area contributed by atoms with Crippen molar-refractivity contribution < 1.29 is 18.4 Å². The lowest BCUT2D eigenvalue weighted by molar-refractivity contribution is -0.120. The third kappa shape index (κ3) is 3.50. The van der Waals surface area contributed by atoms with Gasteiger partial charge in [0.25, 0.3) is 11.8 Å². The summed E-state index contributed by atoms with van der Waals surface area (Å²) in [6.07, 6.45) is 0. The quantitative estimate of drug-likeness (QED) is 0.615. The molecule has 1 aliphatic rings. The van der Waals surface area contributed by atoms with Gasteiger partial charge in [0.05, 0.1) is 16.3 Å².